The van der Waals surface area contributed by atoms with E-state index in [0.29, 0.717) is 16.7 Å². The highest BCUT2D eigenvalue weighted by Gasteiger charge is 2.28. The Balaban J connectivity index is 2.55. The van der Waals surface area contributed by atoms with Crippen molar-refractivity contribution < 1.29 is 17.5 Å². The Kier molecular flexibility index (Phi) is 4.42. The minimum Gasteiger partial charge on any atom is -0.378 e. The van der Waals surface area contributed by atoms with Crippen LogP contribution in [0.2, 0.25) is 0 Å². The average Bonchev–Trinajstić information content (AvgIpc) is 2.42. The second-order valence-corrected chi connectivity index (χ2v) is 7.01. The van der Waals surface area contributed by atoms with Crippen molar-refractivity contribution in [3.8, 4) is 5.75 Å². The van der Waals surface area contributed by atoms with E-state index in [4.69, 9.17) is 4.18 Å². The van der Waals surface area contributed by atoms with E-state index < -0.39 is 25.6 Å². The van der Waals surface area contributed by atoms with Gasteiger partial charge >= 0.3 is 10.1 Å². The van der Waals surface area contributed by atoms with Crippen molar-refractivity contribution >= 4 is 15.8 Å². The van der Waals surface area contributed by atoms with Crippen molar-refractivity contribution in [2.24, 2.45) is 0 Å². The Morgan fingerprint density at radius 3 is 2.04 bits per heavy atom. The zero-order chi connectivity index (χ0) is 17.4. The van der Waals surface area contributed by atoms with Gasteiger partial charge in [0.1, 0.15) is 5.75 Å². The number of hydrogen-bond donors (Lipinski definition) is 0. The minimum atomic E-state index is -4.31. The molecule has 122 valence electrons. The van der Waals surface area contributed by atoms with E-state index in [9.17, 15) is 18.5 Å². The molecule has 2 rings (SSSR count). The topological polar surface area (TPSA) is 86.5 Å². The predicted octanol–water partition coefficient (Wildman–Crippen LogP) is 3.60. The summed E-state index contributed by atoms with van der Waals surface area (Å²) in [6, 6.07) is 7.49. The average molecular weight is 335 g/mol. The number of aryl methyl sites for hydroxylation is 4. The highest BCUT2D eigenvalue weighted by molar-refractivity contribution is 7.87. The molecule has 2 aromatic carbocycles. The van der Waals surface area contributed by atoms with Crippen LogP contribution in [0.25, 0.3) is 0 Å². The number of nitrogens with zero attached hydrogens (tertiary/aromatic N) is 1. The second-order valence-electron chi connectivity index (χ2n) is 5.49. The Labute approximate surface area is 135 Å². The molecule has 0 N–H and O–H groups in total. The summed E-state index contributed by atoms with van der Waals surface area (Å²) in [7, 11) is -4.31. The number of rotatable bonds is 4. The molecule has 0 aliphatic carbocycles. The van der Waals surface area contributed by atoms with Crippen molar-refractivity contribution in [1.82, 2.24) is 0 Å². The second kappa shape index (κ2) is 6.00. The highest BCUT2D eigenvalue weighted by Crippen LogP contribution is 2.31. The summed E-state index contributed by atoms with van der Waals surface area (Å²) in [5.74, 6) is 0.200. The zero-order valence-corrected chi connectivity index (χ0v) is 14.1. The van der Waals surface area contributed by atoms with E-state index in [0.717, 1.165) is 5.56 Å². The van der Waals surface area contributed by atoms with Crippen LogP contribution in [0.5, 0.6) is 5.75 Å². The van der Waals surface area contributed by atoms with Crippen LogP contribution in [0.4, 0.5) is 5.69 Å². The number of benzene rings is 2. The normalized spacial score (nSPS) is 11.3. The largest absolute Gasteiger partial charge is 0.378 e. The van der Waals surface area contributed by atoms with Gasteiger partial charge in [0.15, 0.2) is 4.90 Å². The summed E-state index contributed by atoms with van der Waals surface area (Å²) in [5, 5.41) is 11.1. The van der Waals surface area contributed by atoms with Crippen molar-refractivity contribution in [1.29, 1.82) is 0 Å². The van der Waals surface area contributed by atoms with E-state index in [1.54, 1.807) is 32.9 Å². The molecular formula is C16H17NO5S. The van der Waals surface area contributed by atoms with Gasteiger partial charge in [0, 0.05) is 6.07 Å². The van der Waals surface area contributed by atoms with Crippen LogP contribution in [0.1, 0.15) is 22.3 Å². The van der Waals surface area contributed by atoms with E-state index in [-0.39, 0.29) is 5.75 Å². The van der Waals surface area contributed by atoms with Crippen LogP contribution < -0.4 is 4.18 Å². The van der Waals surface area contributed by atoms with Crippen molar-refractivity contribution in [3.63, 3.8) is 0 Å². The van der Waals surface area contributed by atoms with Gasteiger partial charge in [-0.25, -0.2) is 0 Å². The fourth-order valence-corrected chi connectivity index (χ4v) is 3.63. The van der Waals surface area contributed by atoms with Gasteiger partial charge in [-0.2, -0.15) is 8.42 Å². The number of nitro groups is 1. The summed E-state index contributed by atoms with van der Waals surface area (Å²) in [4.78, 5) is 9.96. The minimum absolute atomic E-state index is 0.200. The van der Waals surface area contributed by atoms with Crippen LogP contribution >= 0.6 is 0 Å². The lowest BCUT2D eigenvalue weighted by molar-refractivity contribution is -0.387. The third kappa shape index (κ3) is 3.50. The maximum absolute atomic E-state index is 12.5. The van der Waals surface area contributed by atoms with Crippen molar-refractivity contribution in [2.45, 2.75) is 32.6 Å². The van der Waals surface area contributed by atoms with Gasteiger partial charge in [0.05, 0.1) is 4.92 Å². The SMILES string of the molecule is Cc1cc(C)c(OS(=O)(=O)c2ccc(C)cc2[N+](=O)[O-])c(C)c1. The smallest absolute Gasteiger partial charge is 0.346 e. The van der Waals surface area contributed by atoms with Crippen LogP contribution in [-0.2, 0) is 10.1 Å². The van der Waals surface area contributed by atoms with Crippen LogP contribution in [0, 0.1) is 37.8 Å². The maximum Gasteiger partial charge on any atom is 0.346 e. The molecule has 0 aromatic heterocycles. The van der Waals surface area contributed by atoms with Gasteiger partial charge in [-0.15, -0.1) is 0 Å². The fraction of sp³-hybridized carbons (Fsp3) is 0.250. The standard InChI is InChI=1S/C16H17NO5S/c1-10-5-6-15(14(9-10)17(18)19)23(20,21)22-16-12(3)7-11(2)8-13(16)4/h5-9H,1-4H3. The van der Waals surface area contributed by atoms with Gasteiger partial charge in [0.2, 0.25) is 0 Å². The first kappa shape index (κ1) is 17.0. The zero-order valence-electron chi connectivity index (χ0n) is 13.3. The van der Waals surface area contributed by atoms with E-state index in [2.05, 4.69) is 0 Å². The molecule has 0 saturated heterocycles. The van der Waals surface area contributed by atoms with Crippen LogP contribution in [0.15, 0.2) is 35.2 Å². The van der Waals surface area contributed by atoms with Crippen LogP contribution in [-0.4, -0.2) is 13.3 Å². The molecule has 0 aliphatic heterocycles. The van der Waals surface area contributed by atoms with Crippen molar-refractivity contribution in [3.05, 3.63) is 62.7 Å². The summed E-state index contributed by atoms with van der Waals surface area (Å²) in [6.45, 7) is 7.00. The molecule has 0 fully saturated rings. The first-order valence-electron chi connectivity index (χ1n) is 6.89. The molecule has 6 nitrogen and oxygen atoms in total. The summed E-state index contributed by atoms with van der Waals surface area (Å²) in [5.41, 5.74) is 2.39. The van der Waals surface area contributed by atoms with E-state index >= 15 is 0 Å². The molecule has 0 spiro atoms. The predicted molar refractivity (Wildman–Crippen MR) is 86.3 cm³/mol. The monoisotopic (exact) mass is 335 g/mol. The molecule has 23 heavy (non-hydrogen) atoms. The lowest BCUT2D eigenvalue weighted by atomic mass is 10.1. The number of hydrogen-bond acceptors (Lipinski definition) is 5. The first-order valence-corrected chi connectivity index (χ1v) is 8.30. The third-order valence-electron chi connectivity index (χ3n) is 3.38. The van der Waals surface area contributed by atoms with Gasteiger partial charge in [-0.1, -0.05) is 23.8 Å². The van der Waals surface area contributed by atoms with E-state index in [1.165, 1.54) is 18.2 Å². The first-order chi connectivity index (χ1) is 10.6. The van der Waals surface area contributed by atoms with Gasteiger partial charge in [-0.3, -0.25) is 10.1 Å². The van der Waals surface area contributed by atoms with Crippen molar-refractivity contribution in [2.75, 3.05) is 0 Å². The molecule has 0 saturated carbocycles. The Morgan fingerprint density at radius 2 is 1.52 bits per heavy atom. The Hall–Kier alpha value is -2.41. The fourth-order valence-electron chi connectivity index (χ4n) is 2.43. The summed E-state index contributed by atoms with van der Waals surface area (Å²) < 4.78 is 30.2. The Morgan fingerprint density at radius 1 is 0.957 bits per heavy atom. The summed E-state index contributed by atoms with van der Waals surface area (Å²) >= 11 is 0. The molecule has 7 heteroatoms. The molecule has 0 aliphatic rings. The lowest BCUT2D eigenvalue weighted by Crippen LogP contribution is -2.13. The van der Waals surface area contributed by atoms with Crippen LogP contribution in [0.3, 0.4) is 0 Å². The molecule has 2 aromatic rings. The third-order valence-corrected chi connectivity index (χ3v) is 4.65. The Bertz CT molecular complexity index is 864. The molecular weight excluding hydrogens is 318 g/mol. The molecule has 0 atom stereocenters. The molecule has 0 radical (unpaired) electrons. The van der Waals surface area contributed by atoms with Gasteiger partial charge in [-0.05, 0) is 50.5 Å². The highest BCUT2D eigenvalue weighted by atomic mass is 32.2. The maximum atomic E-state index is 12.5. The van der Waals surface area contributed by atoms with E-state index in [1.807, 2.05) is 6.92 Å². The quantitative estimate of drug-likeness (QED) is 0.484. The molecule has 0 heterocycles. The van der Waals surface area contributed by atoms with Gasteiger partial charge in [0.25, 0.3) is 5.69 Å². The summed E-state index contributed by atoms with van der Waals surface area (Å²) in [6.07, 6.45) is 0. The molecule has 0 unspecified atom stereocenters. The molecule has 0 bridgehead atoms. The number of nitro benzene ring substituents is 1. The molecule has 0 amide bonds. The van der Waals surface area contributed by atoms with Gasteiger partial charge < -0.3 is 4.18 Å². The lowest BCUT2D eigenvalue weighted by Gasteiger charge is -2.13.